The normalized spacial score (nSPS) is 10.3. The van der Waals surface area contributed by atoms with Crippen LogP contribution in [0, 0.1) is 0 Å². The molecule has 0 aliphatic heterocycles. The number of benzene rings is 1. The van der Waals surface area contributed by atoms with Crippen molar-refractivity contribution >= 4 is 29.0 Å². The van der Waals surface area contributed by atoms with E-state index in [1.165, 1.54) is 12.3 Å². The topological polar surface area (TPSA) is 49.4 Å². The number of ketones is 1. The smallest absolute Gasteiger partial charge is 0.296 e. The maximum Gasteiger partial charge on any atom is 0.296 e. The zero-order valence-electron chi connectivity index (χ0n) is 9.61. The van der Waals surface area contributed by atoms with E-state index in [4.69, 9.17) is 11.6 Å². The highest BCUT2D eigenvalue weighted by Gasteiger charge is 2.10. The minimum absolute atomic E-state index is 0.533. The van der Waals surface area contributed by atoms with Crippen LogP contribution in [-0.2, 0) is 9.59 Å². The molecule has 0 heterocycles. The van der Waals surface area contributed by atoms with Gasteiger partial charge in [-0.3, -0.25) is 9.59 Å². The minimum atomic E-state index is -0.676. The molecule has 0 atom stereocenters. The number of amides is 1. The van der Waals surface area contributed by atoms with Crippen LogP contribution in [0.4, 0.5) is 5.69 Å². The summed E-state index contributed by atoms with van der Waals surface area (Å²) in [6.07, 6.45) is 2.73. The molecule has 1 amide bonds. The Kier molecular flexibility index (Phi) is 4.72. The number of hydrogen-bond acceptors (Lipinski definition) is 3. The first kappa shape index (κ1) is 13.3. The Hall–Kier alpha value is -1.81. The van der Waals surface area contributed by atoms with E-state index in [0.29, 0.717) is 10.7 Å². The third-order valence-corrected chi connectivity index (χ3v) is 2.10. The van der Waals surface area contributed by atoms with Crippen LogP contribution in [0.3, 0.4) is 0 Å². The zero-order chi connectivity index (χ0) is 12.8. The quantitative estimate of drug-likeness (QED) is 0.658. The zero-order valence-corrected chi connectivity index (χ0v) is 10.4. The number of anilines is 1. The molecule has 0 unspecified atom stereocenters. The van der Waals surface area contributed by atoms with Crippen molar-refractivity contribution in [2.24, 2.45) is 0 Å². The number of rotatable bonds is 4. The molecule has 1 aromatic carbocycles. The van der Waals surface area contributed by atoms with Gasteiger partial charge in [-0.25, -0.2) is 0 Å². The summed E-state index contributed by atoms with van der Waals surface area (Å²) in [5, 5.41) is 3.05. The van der Waals surface area contributed by atoms with E-state index in [2.05, 4.69) is 5.32 Å². The standard InChI is InChI=1S/C12H13ClN2O2/c1-15(2)8-7-11(16)12(17)14-10-5-3-9(13)4-6-10/h3-8H,1-2H3,(H,14,17). The lowest BCUT2D eigenvalue weighted by molar-refractivity contribution is -0.132. The Morgan fingerprint density at radius 1 is 1.24 bits per heavy atom. The fourth-order valence-corrected chi connectivity index (χ4v) is 1.14. The molecule has 17 heavy (non-hydrogen) atoms. The lowest BCUT2D eigenvalue weighted by atomic mass is 10.3. The van der Waals surface area contributed by atoms with E-state index >= 15 is 0 Å². The maximum atomic E-state index is 11.4. The number of nitrogens with one attached hydrogen (secondary N) is 1. The van der Waals surface area contributed by atoms with Gasteiger partial charge in [0, 0.05) is 37.1 Å². The van der Waals surface area contributed by atoms with Crippen molar-refractivity contribution in [3.8, 4) is 0 Å². The molecule has 1 aromatic rings. The largest absolute Gasteiger partial charge is 0.383 e. The summed E-state index contributed by atoms with van der Waals surface area (Å²) in [7, 11) is 3.53. The Morgan fingerprint density at radius 2 is 1.82 bits per heavy atom. The van der Waals surface area contributed by atoms with Gasteiger partial charge in [0.15, 0.2) is 0 Å². The van der Waals surface area contributed by atoms with Crippen LogP contribution in [0.2, 0.25) is 5.02 Å². The SMILES string of the molecule is CN(C)C=CC(=O)C(=O)Nc1ccc(Cl)cc1. The van der Waals surface area contributed by atoms with Crippen LogP contribution < -0.4 is 5.32 Å². The summed E-state index contributed by atoms with van der Waals surface area (Å²) < 4.78 is 0. The summed E-state index contributed by atoms with van der Waals surface area (Å²) in [6, 6.07) is 6.53. The first-order chi connectivity index (χ1) is 7.99. The van der Waals surface area contributed by atoms with Gasteiger partial charge in [-0.1, -0.05) is 11.6 Å². The molecular formula is C12H13ClN2O2. The highest BCUT2D eigenvalue weighted by Crippen LogP contribution is 2.13. The predicted molar refractivity (Wildman–Crippen MR) is 67.9 cm³/mol. The first-order valence-corrected chi connectivity index (χ1v) is 5.32. The van der Waals surface area contributed by atoms with Crippen molar-refractivity contribution in [1.82, 2.24) is 4.90 Å². The molecule has 0 bridgehead atoms. The second kappa shape index (κ2) is 6.06. The van der Waals surface area contributed by atoms with E-state index in [0.717, 1.165) is 0 Å². The fraction of sp³-hybridized carbons (Fsp3) is 0.167. The van der Waals surface area contributed by atoms with Crippen molar-refractivity contribution in [3.05, 3.63) is 41.6 Å². The third-order valence-electron chi connectivity index (χ3n) is 1.85. The van der Waals surface area contributed by atoms with Crippen LogP contribution in [0.15, 0.2) is 36.5 Å². The predicted octanol–water partition coefficient (Wildman–Crippen LogP) is 1.92. The average Bonchev–Trinajstić information content (AvgIpc) is 2.28. The fourth-order valence-electron chi connectivity index (χ4n) is 1.02. The van der Waals surface area contributed by atoms with Crippen LogP contribution >= 0.6 is 11.6 Å². The summed E-state index contributed by atoms with van der Waals surface area (Å²) >= 11 is 5.70. The molecule has 0 saturated heterocycles. The van der Waals surface area contributed by atoms with E-state index in [-0.39, 0.29) is 0 Å². The van der Waals surface area contributed by atoms with Gasteiger partial charge in [-0.2, -0.15) is 0 Å². The Morgan fingerprint density at radius 3 is 2.35 bits per heavy atom. The molecule has 4 nitrogen and oxygen atoms in total. The molecule has 0 radical (unpaired) electrons. The molecule has 0 fully saturated rings. The van der Waals surface area contributed by atoms with Gasteiger partial charge >= 0.3 is 0 Å². The van der Waals surface area contributed by atoms with E-state index in [9.17, 15) is 9.59 Å². The van der Waals surface area contributed by atoms with E-state index < -0.39 is 11.7 Å². The van der Waals surface area contributed by atoms with Crippen molar-refractivity contribution in [3.63, 3.8) is 0 Å². The van der Waals surface area contributed by atoms with Crippen LogP contribution in [0.5, 0.6) is 0 Å². The van der Waals surface area contributed by atoms with E-state index in [1.54, 1.807) is 43.3 Å². The lowest BCUT2D eigenvalue weighted by Gasteiger charge is -2.04. The van der Waals surface area contributed by atoms with Crippen molar-refractivity contribution in [1.29, 1.82) is 0 Å². The number of nitrogens with zero attached hydrogens (tertiary/aromatic N) is 1. The molecule has 0 saturated carbocycles. The van der Waals surface area contributed by atoms with Gasteiger partial charge < -0.3 is 10.2 Å². The van der Waals surface area contributed by atoms with Crippen LogP contribution in [0.25, 0.3) is 0 Å². The number of hydrogen-bond donors (Lipinski definition) is 1. The summed E-state index contributed by atoms with van der Waals surface area (Å²) in [4.78, 5) is 24.5. The van der Waals surface area contributed by atoms with Gasteiger partial charge in [0.25, 0.3) is 5.91 Å². The second-order valence-electron chi connectivity index (χ2n) is 3.60. The molecule has 0 aliphatic rings. The summed E-state index contributed by atoms with van der Waals surface area (Å²) in [6.45, 7) is 0. The lowest BCUT2D eigenvalue weighted by Crippen LogP contribution is -2.21. The highest BCUT2D eigenvalue weighted by atomic mass is 35.5. The Balaban J connectivity index is 2.60. The molecule has 1 rings (SSSR count). The monoisotopic (exact) mass is 252 g/mol. The maximum absolute atomic E-state index is 11.4. The molecule has 5 heteroatoms. The molecule has 0 spiro atoms. The minimum Gasteiger partial charge on any atom is -0.383 e. The molecular weight excluding hydrogens is 240 g/mol. The summed E-state index contributed by atoms with van der Waals surface area (Å²) in [5.41, 5.74) is 0.533. The van der Waals surface area contributed by atoms with Crippen molar-refractivity contribution < 1.29 is 9.59 Å². The van der Waals surface area contributed by atoms with Gasteiger partial charge in [0.1, 0.15) is 0 Å². The number of halogens is 1. The first-order valence-electron chi connectivity index (χ1n) is 4.94. The van der Waals surface area contributed by atoms with Crippen LogP contribution in [0.1, 0.15) is 0 Å². The van der Waals surface area contributed by atoms with Gasteiger partial charge in [0.2, 0.25) is 5.78 Å². The Labute approximate surface area is 105 Å². The third kappa shape index (κ3) is 4.70. The molecule has 1 N–H and O–H groups in total. The van der Waals surface area contributed by atoms with Gasteiger partial charge in [-0.05, 0) is 24.3 Å². The van der Waals surface area contributed by atoms with Crippen LogP contribution in [-0.4, -0.2) is 30.7 Å². The molecule has 0 aromatic heterocycles. The average molecular weight is 253 g/mol. The second-order valence-corrected chi connectivity index (χ2v) is 4.04. The molecule has 90 valence electrons. The summed E-state index contributed by atoms with van der Waals surface area (Å²) in [5.74, 6) is -1.28. The Bertz CT molecular complexity index is 438. The van der Waals surface area contributed by atoms with Gasteiger partial charge in [0.05, 0.1) is 0 Å². The highest BCUT2D eigenvalue weighted by molar-refractivity contribution is 6.44. The van der Waals surface area contributed by atoms with Gasteiger partial charge in [-0.15, -0.1) is 0 Å². The van der Waals surface area contributed by atoms with Crippen molar-refractivity contribution in [2.45, 2.75) is 0 Å². The number of carbonyl (C=O) groups is 2. The van der Waals surface area contributed by atoms with E-state index in [1.807, 2.05) is 0 Å². The number of carbonyl (C=O) groups excluding carboxylic acids is 2. The van der Waals surface area contributed by atoms with Crippen molar-refractivity contribution in [2.75, 3.05) is 19.4 Å². The molecule has 0 aliphatic carbocycles.